The van der Waals surface area contributed by atoms with Crippen molar-refractivity contribution in [2.45, 2.75) is 25.9 Å². The molecule has 4 N–H and O–H groups in total. The first-order valence-electron chi connectivity index (χ1n) is 21.0. The molecule has 31 heteroatoms. The summed E-state index contributed by atoms with van der Waals surface area (Å²) in [6.07, 6.45) is 0. The van der Waals surface area contributed by atoms with Gasteiger partial charge in [0.15, 0.2) is 21.5 Å². The number of aryl methyl sites for hydroxylation is 2. The molecule has 0 aliphatic rings. The van der Waals surface area contributed by atoms with E-state index < -0.39 is 0 Å². The van der Waals surface area contributed by atoms with Crippen molar-refractivity contribution in [3.8, 4) is 40.9 Å². The topological polar surface area (TPSA) is 301 Å². The number of phenolic OH excluding ortho intramolecular Hbond substituents is 4. The van der Waals surface area contributed by atoms with Crippen molar-refractivity contribution in [2.75, 3.05) is 12.9 Å². The van der Waals surface area contributed by atoms with Gasteiger partial charge in [0.25, 0.3) is 0 Å². The van der Waals surface area contributed by atoms with E-state index in [1.165, 1.54) is 72.7 Å². The molecule has 0 radical (unpaired) electrons. The fraction of sp³-hybridized carbons (Fsp3) is 0.109. The summed E-state index contributed by atoms with van der Waals surface area (Å²) in [6, 6.07) is 24.1. The maximum absolute atomic E-state index is 9.46. The summed E-state index contributed by atoms with van der Waals surface area (Å²) >= 11 is 41.4. The molecule has 0 saturated carbocycles. The van der Waals surface area contributed by atoms with Gasteiger partial charge in [-0.1, -0.05) is 99.6 Å². The predicted molar refractivity (Wildman–Crippen MR) is 305 cm³/mol. The van der Waals surface area contributed by atoms with Crippen molar-refractivity contribution >= 4 is 181 Å². The number of ether oxygens (including phenoxy) is 1. The maximum atomic E-state index is 9.46. The molecule has 5 aromatic carbocycles. The van der Waals surface area contributed by atoms with Crippen LogP contribution in [0.1, 0.15) is 29.4 Å². The molecule has 0 saturated heterocycles. The van der Waals surface area contributed by atoms with E-state index >= 15 is 0 Å². The highest BCUT2D eigenvalue weighted by molar-refractivity contribution is 7.99. The number of methoxy groups -OCH3 is 1. The number of hydrogen-bond donors (Lipinski definition) is 4. The van der Waals surface area contributed by atoms with Gasteiger partial charge in [0.05, 0.1) is 65.2 Å². The number of nitriles is 2. The number of azo groups is 4. The largest absolute Gasteiger partial charge is 0.506 e. The smallest absolute Gasteiger partial charge is 0.250 e. The Balaban J connectivity index is 0.000000167. The summed E-state index contributed by atoms with van der Waals surface area (Å²) < 4.78 is 18.1. The number of halogens is 6. The third-order valence-electron chi connectivity index (χ3n) is 9.05. The third-order valence-corrected chi connectivity index (χ3v) is 14.8. The Morgan fingerprint density at radius 2 is 1.09 bits per heavy atom. The van der Waals surface area contributed by atoms with Crippen LogP contribution in [0.3, 0.4) is 0 Å². The van der Waals surface area contributed by atoms with E-state index in [2.05, 4.69) is 64.0 Å². The van der Waals surface area contributed by atoms with E-state index in [9.17, 15) is 20.4 Å². The first-order chi connectivity index (χ1) is 36.9. The third kappa shape index (κ3) is 16.9. The van der Waals surface area contributed by atoms with E-state index in [1.54, 1.807) is 38.1 Å². The van der Waals surface area contributed by atoms with Crippen LogP contribution < -0.4 is 4.74 Å². The number of thiazole rings is 1. The van der Waals surface area contributed by atoms with Gasteiger partial charge in [-0.25, -0.2) is 4.98 Å². The predicted octanol–water partition coefficient (Wildman–Crippen LogP) is 19.0. The second-order valence-electron chi connectivity index (χ2n) is 14.3. The molecule has 9 rings (SSSR count). The van der Waals surface area contributed by atoms with Crippen LogP contribution in [-0.4, -0.2) is 56.4 Å². The first kappa shape index (κ1) is 59.5. The van der Waals surface area contributed by atoms with E-state index in [0.717, 1.165) is 50.6 Å². The van der Waals surface area contributed by atoms with Crippen LogP contribution in [0.2, 0.25) is 30.1 Å². The van der Waals surface area contributed by atoms with Crippen LogP contribution in [0.4, 0.5) is 43.0 Å². The van der Waals surface area contributed by atoms with E-state index in [0.29, 0.717) is 81.5 Å². The summed E-state index contributed by atoms with van der Waals surface area (Å²) in [5, 5.41) is 91.4. The van der Waals surface area contributed by atoms with Crippen LogP contribution >= 0.6 is 127 Å². The monoisotopic (exact) mass is 1240 g/mol. The molecule has 4 heterocycles. The molecule has 20 nitrogen and oxygen atoms in total. The van der Waals surface area contributed by atoms with Crippen LogP contribution in [0.15, 0.2) is 125 Å². The number of aromatic nitrogens is 5. The lowest BCUT2D eigenvalue weighted by Crippen LogP contribution is -1.82. The van der Waals surface area contributed by atoms with Gasteiger partial charge in [-0.15, -0.1) is 40.9 Å². The highest BCUT2D eigenvalue weighted by Crippen LogP contribution is 2.39. The zero-order valence-corrected chi connectivity index (χ0v) is 48.0. The normalized spacial score (nSPS) is 11.1. The van der Waals surface area contributed by atoms with E-state index in [4.69, 9.17) is 84.9 Å². The molecule has 0 spiro atoms. The number of phenols is 4. The molecule has 392 valence electrons. The SMILES string of the molecule is CCSc1nsc(N=Nc2cc(Cl)c(O)cc2Cl)n1.COc1cc(N=Nc2snc(C)c2C#N)ccc1O.Cc1nsc(N=Nc2ccc(O)c(Cl)c2)c1C#N.Oc1cc(Cl)c(N=Nc2nc3ccc(Cl)cc3s2)cc1Cl. The molecule has 0 unspecified atom stereocenters. The Morgan fingerprint density at radius 1 is 0.558 bits per heavy atom. The fourth-order valence-electron chi connectivity index (χ4n) is 5.36. The maximum Gasteiger partial charge on any atom is 0.250 e. The molecule has 77 heavy (non-hydrogen) atoms. The Labute approximate surface area is 487 Å². The van der Waals surface area contributed by atoms with Gasteiger partial charge >= 0.3 is 0 Å². The van der Waals surface area contributed by atoms with Gasteiger partial charge in [-0.2, -0.15) is 28.6 Å². The minimum atomic E-state index is -0.102. The second-order valence-corrected chi connectivity index (χ2v) is 21.3. The highest BCUT2D eigenvalue weighted by atomic mass is 35.5. The summed E-state index contributed by atoms with van der Waals surface area (Å²) in [5.41, 5.74) is 4.67. The molecule has 0 atom stereocenters. The van der Waals surface area contributed by atoms with Gasteiger partial charge in [0.2, 0.25) is 15.4 Å². The molecule has 9 aromatic rings. The molecular formula is C46H31Cl6N15O5S5. The molecule has 0 aliphatic heterocycles. The molecule has 4 aromatic heterocycles. The zero-order chi connectivity index (χ0) is 55.8. The van der Waals surface area contributed by atoms with Crippen molar-refractivity contribution in [1.29, 1.82) is 10.5 Å². The number of nitrogens with zero attached hydrogens (tertiary/aromatic N) is 15. The summed E-state index contributed by atoms with van der Waals surface area (Å²) in [5.74, 6) is 1.04. The minimum absolute atomic E-state index is 0.0121. The molecular weight excluding hydrogens is 1220 g/mol. The molecule has 0 amide bonds. The molecule has 0 aliphatic carbocycles. The Kier molecular flexibility index (Phi) is 22.1. The average molecular weight is 1250 g/mol. The van der Waals surface area contributed by atoms with Crippen LogP contribution in [0.5, 0.6) is 28.7 Å². The molecule has 0 fully saturated rings. The van der Waals surface area contributed by atoms with E-state index in [1.807, 2.05) is 31.2 Å². The summed E-state index contributed by atoms with van der Waals surface area (Å²) in [6.45, 7) is 5.51. The number of hydrogen-bond acceptors (Lipinski definition) is 25. The lowest BCUT2D eigenvalue weighted by Gasteiger charge is -2.02. The van der Waals surface area contributed by atoms with Gasteiger partial charge < -0.3 is 25.2 Å². The van der Waals surface area contributed by atoms with Gasteiger partial charge in [0, 0.05) is 34.8 Å². The number of fused-ring (bicyclic) bond motifs is 1. The quantitative estimate of drug-likeness (QED) is 0.0692. The lowest BCUT2D eigenvalue weighted by atomic mass is 10.3. The minimum Gasteiger partial charge on any atom is -0.506 e. The van der Waals surface area contributed by atoms with Crippen molar-refractivity contribution in [3.63, 3.8) is 0 Å². The van der Waals surface area contributed by atoms with Gasteiger partial charge in [-0.05, 0) is 103 Å². The summed E-state index contributed by atoms with van der Waals surface area (Å²) in [4.78, 5) is 8.48. The van der Waals surface area contributed by atoms with Gasteiger partial charge in [0.1, 0.15) is 51.9 Å². The van der Waals surface area contributed by atoms with Crippen LogP contribution in [0, 0.1) is 36.5 Å². The highest BCUT2D eigenvalue weighted by Gasteiger charge is 2.13. The van der Waals surface area contributed by atoms with E-state index in [-0.39, 0.29) is 48.1 Å². The number of aromatic hydroxyl groups is 4. The Hall–Kier alpha value is -6.72. The molecule has 0 bridgehead atoms. The lowest BCUT2D eigenvalue weighted by molar-refractivity contribution is 0.373. The average Bonchev–Trinajstić information content (AvgIpc) is 4.21. The number of rotatable bonds is 11. The van der Waals surface area contributed by atoms with Gasteiger partial charge in [-0.3, -0.25) is 0 Å². The number of thioether (sulfide) groups is 1. The second kappa shape index (κ2) is 28.6. The fourth-order valence-corrected chi connectivity index (χ4v) is 9.85. The van der Waals surface area contributed by atoms with Crippen molar-refractivity contribution in [2.24, 2.45) is 40.9 Å². The van der Waals surface area contributed by atoms with Crippen LogP contribution in [0.25, 0.3) is 10.2 Å². The van der Waals surface area contributed by atoms with Crippen molar-refractivity contribution in [3.05, 3.63) is 132 Å². The standard InChI is InChI=1S/C13H6Cl3N3OS.C12H10N4O2S.C11H7ClN4OS.C10H8Cl2N4OS2/c14-6-1-2-9-12(3-6)21-13(17-9)19-18-10-4-8(16)11(20)5-7(10)15;1-7-9(6-13)12(19-16-7)15-14-8-3-4-10(17)11(5-8)18-2;1-6-8(5-13)11(18-16-6)15-14-7-2-3-10(17)9(12)4-7;1-2-18-10-13-9(19-16-10)15-14-7-3-6(12)8(17)4-5(7)11/h1-5,20H;3-5,17H,1-2H3;2-4,17H,1H3;3-4,17H,2H2,1H3. The Morgan fingerprint density at radius 3 is 1.62 bits per heavy atom. The number of benzene rings is 5. The first-order valence-corrected chi connectivity index (χ1v) is 27.4. The van der Waals surface area contributed by atoms with Crippen molar-refractivity contribution < 1.29 is 25.2 Å². The summed E-state index contributed by atoms with van der Waals surface area (Å²) in [7, 11) is 1.45. The van der Waals surface area contributed by atoms with Crippen LogP contribution in [-0.2, 0) is 0 Å². The zero-order valence-electron chi connectivity index (χ0n) is 39.4. The van der Waals surface area contributed by atoms with Crippen molar-refractivity contribution in [1.82, 2.24) is 23.1 Å². The Bertz CT molecular complexity index is 3780.